The van der Waals surface area contributed by atoms with Crippen molar-refractivity contribution in [2.24, 2.45) is 10.9 Å². The van der Waals surface area contributed by atoms with Crippen LogP contribution in [0.25, 0.3) is 0 Å². The average Bonchev–Trinajstić information content (AvgIpc) is 2.78. The second-order valence-corrected chi connectivity index (χ2v) is 8.21. The Balaban J connectivity index is 1.52. The molecule has 2 aromatic rings. The van der Waals surface area contributed by atoms with Gasteiger partial charge in [0.15, 0.2) is 5.96 Å². The molecule has 1 aromatic carbocycles. The molecule has 7 heteroatoms. The number of aromatic nitrogens is 1. The standard InChI is InChI=1S/C25H35N5O2/c1-4-26-25(27-15-14-23(31)30-22-9-5-7-19(3)29-22)28-17-21-8-6-16-32-24(21)20-12-10-18(2)11-13-20/h5,7,9-13,21,24H,4,6,8,14-17H2,1-3H3,(H2,26,27,28)(H,29,30,31). The molecule has 0 radical (unpaired) electrons. The summed E-state index contributed by atoms with van der Waals surface area (Å²) in [6.45, 7) is 8.75. The number of anilines is 1. The molecule has 0 saturated carbocycles. The van der Waals surface area contributed by atoms with Gasteiger partial charge >= 0.3 is 0 Å². The highest BCUT2D eigenvalue weighted by Crippen LogP contribution is 2.33. The van der Waals surface area contributed by atoms with Crippen molar-refractivity contribution < 1.29 is 9.53 Å². The summed E-state index contributed by atoms with van der Waals surface area (Å²) in [5.74, 6) is 1.56. The number of hydrogen-bond donors (Lipinski definition) is 3. The highest BCUT2D eigenvalue weighted by atomic mass is 16.5. The molecule has 1 aliphatic rings. The van der Waals surface area contributed by atoms with Crippen molar-refractivity contribution in [3.8, 4) is 0 Å². The Morgan fingerprint density at radius 3 is 2.72 bits per heavy atom. The predicted octanol–water partition coefficient (Wildman–Crippen LogP) is 3.75. The van der Waals surface area contributed by atoms with E-state index in [9.17, 15) is 4.79 Å². The number of ether oxygens (including phenoxy) is 1. The second kappa shape index (κ2) is 12.2. The second-order valence-electron chi connectivity index (χ2n) is 8.21. The topological polar surface area (TPSA) is 87.6 Å². The normalized spacial score (nSPS) is 18.8. The fourth-order valence-corrected chi connectivity index (χ4v) is 3.82. The van der Waals surface area contributed by atoms with Gasteiger partial charge in [-0.3, -0.25) is 9.79 Å². The van der Waals surface area contributed by atoms with Crippen LogP contribution in [0.2, 0.25) is 0 Å². The minimum atomic E-state index is -0.0773. The number of aliphatic imine (C=N–C) groups is 1. The first-order chi connectivity index (χ1) is 15.5. The lowest BCUT2D eigenvalue weighted by Gasteiger charge is -2.31. The number of benzene rings is 1. The Kier molecular flexibility index (Phi) is 9.04. The summed E-state index contributed by atoms with van der Waals surface area (Å²) in [4.78, 5) is 21.3. The number of guanidine groups is 1. The average molecular weight is 438 g/mol. The fourth-order valence-electron chi connectivity index (χ4n) is 3.82. The van der Waals surface area contributed by atoms with Gasteiger partial charge in [-0.1, -0.05) is 35.9 Å². The van der Waals surface area contributed by atoms with E-state index in [1.807, 2.05) is 26.0 Å². The summed E-state index contributed by atoms with van der Waals surface area (Å²) >= 11 is 0. The SMILES string of the molecule is CCNC(=NCC1CCCOC1c1ccc(C)cc1)NCCC(=O)Nc1cccc(C)n1. The van der Waals surface area contributed by atoms with Gasteiger partial charge in [0.2, 0.25) is 5.91 Å². The zero-order chi connectivity index (χ0) is 22.8. The first-order valence-electron chi connectivity index (χ1n) is 11.5. The van der Waals surface area contributed by atoms with E-state index in [2.05, 4.69) is 52.1 Å². The maximum absolute atomic E-state index is 12.2. The monoisotopic (exact) mass is 437 g/mol. The third-order valence-corrected chi connectivity index (χ3v) is 5.48. The minimum absolute atomic E-state index is 0.0728. The number of aryl methyl sites for hydroxylation is 2. The van der Waals surface area contributed by atoms with Gasteiger partial charge in [0.1, 0.15) is 5.82 Å². The van der Waals surface area contributed by atoms with Crippen molar-refractivity contribution in [2.45, 2.75) is 46.1 Å². The summed E-state index contributed by atoms with van der Waals surface area (Å²) < 4.78 is 6.12. The van der Waals surface area contributed by atoms with Crippen LogP contribution < -0.4 is 16.0 Å². The molecule has 2 heterocycles. The Bertz CT molecular complexity index is 897. The Morgan fingerprint density at radius 2 is 1.97 bits per heavy atom. The van der Waals surface area contributed by atoms with E-state index in [4.69, 9.17) is 9.73 Å². The number of rotatable bonds is 8. The molecule has 0 spiro atoms. The highest BCUT2D eigenvalue weighted by Gasteiger charge is 2.27. The van der Waals surface area contributed by atoms with Gasteiger partial charge in [-0.15, -0.1) is 0 Å². The molecule has 0 aliphatic carbocycles. The Hall–Kier alpha value is -2.93. The van der Waals surface area contributed by atoms with Crippen molar-refractivity contribution in [1.82, 2.24) is 15.6 Å². The van der Waals surface area contributed by atoms with Gasteiger partial charge in [0.25, 0.3) is 0 Å². The van der Waals surface area contributed by atoms with Crippen LogP contribution in [-0.2, 0) is 9.53 Å². The molecule has 3 N–H and O–H groups in total. The number of amides is 1. The van der Waals surface area contributed by atoms with Crippen LogP contribution in [-0.4, -0.2) is 43.1 Å². The van der Waals surface area contributed by atoms with Crippen LogP contribution in [0.15, 0.2) is 47.5 Å². The molecule has 0 bridgehead atoms. The van der Waals surface area contributed by atoms with Gasteiger partial charge in [-0.05, 0) is 51.3 Å². The van der Waals surface area contributed by atoms with Crippen LogP contribution in [0.5, 0.6) is 0 Å². The smallest absolute Gasteiger partial charge is 0.227 e. The first kappa shape index (κ1) is 23.7. The molecule has 172 valence electrons. The van der Waals surface area contributed by atoms with Crippen LogP contribution in [0.1, 0.15) is 49.1 Å². The lowest BCUT2D eigenvalue weighted by atomic mass is 9.89. The first-order valence-corrected chi connectivity index (χ1v) is 11.5. The van der Waals surface area contributed by atoms with E-state index in [-0.39, 0.29) is 12.0 Å². The van der Waals surface area contributed by atoms with Gasteiger partial charge in [-0.25, -0.2) is 4.98 Å². The zero-order valence-electron chi connectivity index (χ0n) is 19.4. The van der Waals surface area contributed by atoms with E-state index in [1.54, 1.807) is 6.07 Å². The molecule has 1 saturated heterocycles. The molecule has 1 amide bonds. The van der Waals surface area contributed by atoms with E-state index in [0.29, 0.717) is 31.2 Å². The van der Waals surface area contributed by atoms with Crippen LogP contribution in [0, 0.1) is 19.8 Å². The molecule has 1 aromatic heterocycles. The van der Waals surface area contributed by atoms with Gasteiger partial charge < -0.3 is 20.7 Å². The molecule has 7 nitrogen and oxygen atoms in total. The van der Waals surface area contributed by atoms with Gasteiger partial charge in [0.05, 0.1) is 6.10 Å². The van der Waals surface area contributed by atoms with Crippen molar-refractivity contribution in [1.29, 1.82) is 0 Å². The van der Waals surface area contributed by atoms with Crippen molar-refractivity contribution in [3.05, 3.63) is 59.3 Å². The number of nitrogens with one attached hydrogen (secondary N) is 3. The zero-order valence-corrected chi connectivity index (χ0v) is 19.4. The summed E-state index contributed by atoms with van der Waals surface area (Å²) in [5.41, 5.74) is 3.34. The van der Waals surface area contributed by atoms with E-state index in [0.717, 1.165) is 37.6 Å². The maximum Gasteiger partial charge on any atom is 0.227 e. The van der Waals surface area contributed by atoms with E-state index >= 15 is 0 Å². The predicted molar refractivity (Wildman–Crippen MR) is 129 cm³/mol. The molecule has 32 heavy (non-hydrogen) atoms. The van der Waals surface area contributed by atoms with Crippen molar-refractivity contribution >= 4 is 17.7 Å². The van der Waals surface area contributed by atoms with Gasteiger partial charge in [-0.2, -0.15) is 0 Å². The largest absolute Gasteiger partial charge is 0.373 e. The number of carbonyl (C=O) groups is 1. The van der Waals surface area contributed by atoms with E-state index in [1.165, 1.54) is 11.1 Å². The number of hydrogen-bond acceptors (Lipinski definition) is 4. The molecule has 3 rings (SSSR count). The summed E-state index contributed by atoms with van der Waals surface area (Å²) in [6.07, 6.45) is 2.55. The molecule has 2 unspecified atom stereocenters. The summed E-state index contributed by atoms with van der Waals surface area (Å²) in [6, 6.07) is 14.2. The third-order valence-electron chi connectivity index (χ3n) is 5.48. The van der Waals surface area contributed by atoms with Crippen molar-refractivity contribution in [2.75, 3.05) is 31.6 Å². The van der Waals surface area contributed by atoms with Crippen LogP contribution in [0.3, 0.4) is 0 Å². The molecule has 1 aliphatic heterocycles. The fraction of sp³-hybridized carbons (Fsp3) is 0.480. The van der Waals surface area contributed by atoms with Gasteiger partial charge in [0, 0.05) is 44.3 Å². The number of carbonyl (C=O) groups excluding carboxylic acids is 1. The third kappa shape index (κ3) is 7.34. The molecule has 1 fully saturated rings. The lowest BCUT2D eigenvalue weighted by Crippen LogP contribution is -2.39. The quantitative estimate of drug-likeness (QED) is 0.432. The number of nitrogens with zero attached hydrogens (tertiary/aromatic N) is 2. The Labute approximate surface area is 191 Å². The lowest BCUT2D eigenvalue weighted by molar-refractivity contribution is -0.116. The Morgan fingerprint density at radius 1 is 1.16 bits per heavy atom. The molecular weight excluding hydrogens is 402 g/mol. The van der Waals surface area contributed by atoms with E-state index < -0.39 is 0 Å². The highest BCUT2D eigenvalue weighted by molar-refractivity contribution is 5.90. The van der Waals surface area contributed by atoms with Crippen LogP contribution >= 0.6 is 0 Å². The summed E-state index contributed by atoms with van der Waals surface area (Å²) in [5, 5.41) is 9.37. The maximum atomic E-state index is 12.2. The molecular formula is C25H35N5O2. The molecule has 2 atom stereocenters. The summed E-state index contributed by atoms with van der Waals surface area (Å²) in [7, 11) is 0. The van der Waals surface area contributed by atoms with Crippen LogP contribution in [0.4, 0.5) is 5.82 Å². The van der Waals surface area contributed by atoms with Crippen molar-refractivity contribution in [3.63, 3.8) is 0 Å². The number of pyridine rings is 1. The minimum Gasteiger partial charge on any atom is -0.373 e.